The van der Waals surface area contributed by atoms with Crippen LogP contribution in [0.25, 0.3) is 0 Å². The zero-order valence-electron chi connectivity index (χ0n) is 14.5. The lowest BCUT2D eigenvalue weighted by Gasteiger charge is -2.25. The van der Waals surface area contributed by atoms with Crippen LogP contribution in [0.3, 0.4) is 0 Å². The Hall–Kier alpha value is -2.61. The van der Waals surface area contributed by atoms with E-state index in [-0.39, 0.29) is 10.6 Å². The number of rotatable bonds is 4. The van der Waals surface area contributed by atoms with E-state index in [0.29, 0.717) is 5.69 Å². The van der Waals surface area contributed by atoms with Crippen LogP contribution in [-0.4, -0.2) is 45.8 Å². The molecule has 8 heteroatoms. The van der Waals surface area contributed by atoms with E-state index in [9.17, 15) is 18.5 Å². The van der Waals surface area contributed by atoms with Gasteiger partial charge >= 0.3 is 0 Å². The summed E-state index contributed by atoms with van der Waals surface area (Å²) in [5.41, 5.74) is 1.48. The Morgan fingerprint density at radius 2 is 1.54 bits per heavy atom. The molecule has 138 valence electrons. The van der Waals surface area contributed by atoms with Gasteiger partial charge in [-0.25, -0.2) is 8.42 Å². The van der Waals surface area contributed by atoms with E-state index in [1.54, 1.807) is 6.07 Å². The van der Waals surface area contributed by atoms with Crippen LogP contribution in [0, 0.1) is 10.1 Å². The molecular weight excluding hydrogens is 354 g/mol. The minimum Gasteiger partial charge on any atom is -0.370 e. The van der Waals surface area contributed by atoms with Gasteiger partial charge in [0.25, 0.3) is 5.69 Å². The fourth-order valence-corrected chi connectivity index (χ4v) is 4.08. The summed E-state index contributed by atoms with van der Waals surface area (Å²) in [5, 5.41) is 11.1. The van der Waals surface area contributed by atoms with Crippen LogP contribution in [0.4, 0.5) is 17.1 Å². The van der Waals surface area contributed by atoms with Crippen LogP contribution in [0.2, 0.25) is 0 Å². The molecular formula is C18H21N3O4S. The summed E-state index contributed by atoms with van der Waals surface area (Å²) < 4.78 is 23.9. The Labute approximate surface area is 152 Å². The quantitative estimate of drug-likeness (QED) is 0.603. The van der Waals surface area contributed by atoms with Crippen molar-refractivity contribution in [3.63, 3.8) is 0 Å². The topological polar surface area (TPSA) is 83.8 Å². The second kappa shape index (κ2) is 7.33. The number of para-hydroxylation sites is 1. The zero-order valence-corrected chi connectivity index (χ0v) is 15.4. The fourth-order valence-electron chi connectivity index (χ4n) is 3.22. The van der Waals surface area contributed by atoms with Gasteiger partial charge in [0.1, 0.15) is 4.90 Å². The molecule has 0 radical (unpaired) electrons. The summed E-state index contributed by atoms with van der Waals surface area (Å²) in [5.74, 6) is 0. The lowest BCUT2D eigenvalue weighted by molar-refractivity contribution is -0.387. The summed E-state index contributed by atoms with van der Waals surface area (Å²) in [7, 11) is -3.68. The SMILES string of the molecule is CS(=O)(=O)c1cc(N2CCCN(c3ccccc3)CC2)ccc1[N+](=O)[O-]. The van der Waals surface area contributed by atoms with E-state index in [1.165, 1.54) is 12.1 Å². The second-order valence-corrected chi connectivity index (χ2v) is 8.33. The van der Waals surface area contributed by atoms with Gasteiger partial charge in [0, 0.05) is 49.9 Å². The normalized spacial score (nSPS) is 15.6. The van der Waals surface area contributed by atoms with E-state index in [1.807, 2.05) is 18.2 Å². The Morgan fingerprint density at radius 3 is 2.12 bits per heavy atom. The Kier molecular flexibility index (Phi) is 5.13. The van der Waals surface area contributed by atoms with E-state index in [2.05, 4.69) is 21.9 Å². The van der Waals surface area contributed by atoms with Gasteiger partial charge < -0.3 is 9.80 Å². The molecule has 0 amide bonds. The van der Waals surface area contributed by atoms with Gasteiger partial charge in [-0.15, -0.1) is 0 Å². The van der Waals surface area contributed by atoms with Crippen molar-refractivity contribution in [2.45, 2.75) is 11.3 Å². The van der Waals surface area contributed by atoms with Crippen molar-refractivity contribution >= 4 is 26.9 Å². The van der Waals surface area contributed by atoms with Crippen LogP contribution in [0.1, 0.15) is 6.42 Å². The number of nitro benzene ring substituents is 1. The first-order valence-electron chi connectivity index (χ1n) is 8.40. The van der Waals surface area contributed by atoms with E-state index >= 15 is 0 Å². The zero-order chi connectivity index (χ0) is 18.7. The Bertz CT molecular complexity index is 900. The van der Waals surface area contributed by atoms with Gasteiger partial charge in [-0.3, -0.25) is 10.1 Å². The van der Waals surface area contributed by atoms with Crippen molar-refractivity contribution in [3.05, 3.63) is 58.6 Å². The van der Waals surface area contributed by atoms with E-state index in [0.717, 1.165) is 44.5 Å². The van der Waals surface area contributed by atoms with E-state index in [4.69, 9.17) is 0 Å². The summed E-state index contributed by atoms with van der Waals surface area (Å²) in [6, 6.07) is 14.5. The number of nitro groups is 1. The highest BCUT2D eigenvalue weighted by atomic mass is 32.2. The molecule has 0 atom stereocenters. The first kappa shape index (κ1) is 18.2. The Morgan fingerprint density at radius 1 is 0.923 bits per heavy atom. The van der Waals surface area contributed by atoms with Crippen molar-refractivity contribution in [3.8, 4) is 0 Å². The molecule has 0 saturated carbocycles. The van der Waals surface area contributed by atoms with Crippen molar-refractivity contribution in [1.29, 1.82) is 0 Å². The highest BCUT2D eigenvalue weighted by Gasteiger charge is 2.24. The van der Waals surface area contributed by atoms with Crippen LogP contribution in [-0.2, 0) is 9.84 Å². The van der Waals surface area contributed by atoms with Crippen molar-refractivity contribution < 1.29 is 13.3 Å². The van der Waals surface area contributed by atoms with Crippen LogP contribution in [0.15, 0.2) is 53.4 Å². The molecule has 2 aromatic carbocycles. The second-order valence-electron chi connectivity index (χ2n) is 6.34. The first-order valence-corrected chi connectivity index (χ1v) is 10.3. The summed E-state index contributed by atoms with van der Waals surface area (Å²) in [6.07, 6.45) is 1.92. The molecule has 1 saturated heterocycles. The third kappa shape index (κ3) is 3.96. The summed E-state index contributed by atoms with van der Waals surface area (Å²) >= 11 is 0. The maximum Gasteiger partial charge on any atom is 0.288 e. The number of sulfone groups is 1. The highest BCUT2D eigenvalue weighted by Crippen LogP contribution is 2.29. The van der Waals surface area contributed by atoms with Crippen molar-refractivity contribution in [1.82, 2.24) is 0 Å². The molecule has 0 spiro atoms. The maximum absolute atomic E-state index is 12.0. The summed E-state index contributed by atoms with van der Waals surface area (Å²) in [4.78, 5) is 14.6. The third-order valence-electron chi connectivity index (χ3n) is 4.52. The van der Waals surface area contributed by atoms with Crippen LogP contribution >= 0.6 is 0 Å². The molecule has 0 N–H and O–H groups in total. The number of benzene rings is 2. The molecule has 7 nitrogen and oxygen atoms in total. The predicted molar refractivity (Wildman–Crippen MR) is 102 cm³/mol. The average molecular weight is 375 g/mol. The molecule has 0 bridgehead atoms. The van der Waals surface area contributed by atoms with E-state index < -0.39 is 14.8 Å². The molecule has 0 aliphatic carbocycles. The molecule has 1 fully saturated rings. The largest absolute Gasteiger partial charge is 0.370 e. The van der Waals surface area contributed by atoms with Gasteiger partial charge in [-0.1, -0.05) is 18.2 Å². The lowest BCUT2D eigenvalue weighted by atomic mass is 10.2. The van der Waals surface area contributed by atoms with Crippen molar-refractivity contribution in [2.24, 2.45) is 0 Å². The van der Waals surface area contributed by atoms with Gasteiger partial charge in [-0.05, 0) is 30.7 Å². The smallest absolute Gasteiger partial charge is 0.288 e. The van der Waals surface area contributed by atoms with Gasteiger partial charge in [0.2, 0.25) is 0 Å². The molecule has 1 aliphatic heterocycles. The number of hydrogen-bond donors (Lipinski definition) is 0. The van der Waals surface area contributed by atoms with Crippen molar-refractivity contribution in [2.75, 3.05) is 42.2 Å². The minimum absolute atomic E-state index is 0.232. The average Bonchev–Trinajstić information content (AvgIpc) is 2.87. The van der Waals surface area contributed by atoms with Crippen LogP contribution in [0.5, 0.6) is 0 Å². The minimum atomic E-state index is -3.68. The lowest BCUT2D eigenvalue weighted by Crippen LogP contribution is -2.30. The molecule has 3 rings (SSSR count). The molecule has 2 aromatic rings. The summed E-state index contributed by atoms with van der Waals surface area (Å²) in [6.45, 7) is 3.20. The maximum atomic E-state index is 12.0. The molecule has 0 unspecified atom stereocenters. The highest BCUT2D eigenvalue weighted by molar-refractivity contribution is 7.90. The first-order chi connectivity index (χ1) is 12.4. The molecule has 1 heterocycles. The standard InChI is InChI=1S/C18H21N3O4S/c1-26(24,25)18-14-16(8-9-17(18)21(22)23)20-11-5-10-19(12-13-20)15-6-3-2-4-7-15/h2-4,6-9,14H,5,10-13H2,1H3. The third-order valence-corrected chi connectivity index (χ3v) is 5.65. The number of nitrogens with zero attached hydrogens (tertiary/aromatic N) is 3. The Balaban J connectivity index is 1.85. The van der Waals surface area contributed by atoms with Gasteiger partial charge in [-0.2, -0.15) is 0 Å². The number of hydrogen-bond acceptors (Lipinski definition) is 6. The van der Waals surface area contributed by atoms with Gasteiger partial charge in [0.05, 0.1) is 4.92 Å². The molecule has 1 aliphatic rings. The molecule has 26 heavy (non-hydrogen) atoms. The predicted octanol–water partition coefficient (Wildman–Crippen LogP) is 2.72. The number of anilines is 2. The van der Waals surface area contributed by atoms with Gasteiger partial charge in [0.15, 0.2) is 9.84 Å². The molecule has 0 aromatic heterocycles. The monoisotopic (exact) mass is 375 g/mol. The fraction of sp³-hybridized carbons (Fsp3) is 0.333. The van der Waals surface area contributed by atoms with Crippen LogP contribution < -0.4 is 9.80 Å².